The van der Waals surface area contributed by atoms with E-state index in [1.165, 1.54) is 6.92 Å². The van der Waals surface area contributed by atoms with Crippen molar-refractivity contribution in [3.63, 3.8) is 0 Å². The second kappa shape index (κ2) is 14.9. The highest BCUT2D eigenvalue weighted by Gasteiger charge is 2.11. The molecule has 1 amide bonds. The number of nitrogens with one attached hydrogen (secondary N) is 2. The lowest BCUT2D eigenvalue weighted by molar-refractivity contribution is -0.123. The maximum Gasteiger partial charge on any atom is 0.236 e. The standard InChI is InChI=1S/C15H31N3O4/c1-3-17-7-5-4-6-14(16)15(20)18-8-9-21-10-11-22-12-13(2)19/h14,17H,3-12,16H2,1-2H3,(H,18,20)/t14-/m0/s1. The molecule has 0 bridgehead atoms. The molecule has 0 saturated carbocycles. The third-order valence-corrected chi connectivity index (χ3v) is 2.93. The van der Waals surface area contributed by atoms with Gasteiger partial charge in [-0.2, -0.15) is 0 Å². The van der Waals surface area contributed by atoms with Crippen molar-refractivity contribution < 1.29 is 19.1 Å². The van der Waals surface area contributed by atoms with Gasteiger partial charge in [0.15, 0.2) is 5.78 Å². The minimum atomic E-state index is -0.458. The fourth-order valence-corrected chi connectivity index (χ4v) is 1.74. The fourth-order valence-electron chi connectivity index (χ4n) is 1.74. The van der Waals surface area contributed by atoms with E-state index >= 15 is 0 Å². The smallest absolute Gasteiger partial charge is 0.236 e. The molecule has 0 fully saturated rings. The number of ether oxygens (including phenoxy) is 2. The van der Waals surface area contributed by atoms with Gasteiger partial charge in [-0.15, -0.1) is 0 Å². The van der Waals surface area contributed by atoms with Gasteiger partial charge in [-0.05, 0) is 32.9 Å². The highest BCUT2D eigenvalue weighted by Crippen LogP contribution is 1.98. The summed E-state index contributed by atoms with van der Waals surface area (Å²) in [4.78, 5) is 22.3. The van der Waals surface area contributed by atoms with Gasteiger partial charge in [0.05, 0.1) is 25.9 Å². The lowest BCUT2D eigenvalue weighted by atomic mass is 10.1. The van der Waals surface area contributed by atoms with E-state index in [9.17, 15) is 9.59 Å². The first-order valence-corrected chi connectivity index (χ1v) is 7.96. The van der Waals surface area contributed by atoms with E-state index in [0.717, 1.165) is 25.9 Å². The maximum absolute atomic E-state index is 11.7. The van der Waals surface area contributed by atoms with Gasteiger partial charge in [0.2, 0.25) is 5.91 Å². The Bertz CT molecular complexity index is 301. The molecule has 7 heteroatoms. The van der Waals surface area contributed by atoms with Crippen molar-refractivity contribution in [1.29, 1.82) is 0 Å². The van der Waals surface area contributed by atoms with Crippen LogP contribution in [-0.2, 0) is 19.1 Å². The van der Waals surface area contributed by atoms with E-state index < -0.39 is 6.04 Å². The van der Waals surface area contributed by atoms with Gasteiger partial charge in [-0.25, -0.2) is 0 Å². The molecular weight excluding hydrogens is 286 g/mol. The van der Waals surface area contributed by atoms with Gasteiger partial charge in [0, 0.05) is 6.54 Å². The molecule has 0 radical (unpaired) electrons. The molecule has 0 unspecified atom stereocenters. The molecular formula is C15H31N3O4. The van der Waals surface area contributed by atoms with Crippen LogP contribution in [0.2, 0.25) is 0 Å². The SMILES string of the molecule is CCNCCCC[C@H](N)C(=O)NCCOCCOCC(C)=O. The number of ketones is 1. The van der Waals surface area contributed by atoms with Crippen molar-refractivity contribution >= 4 is 11.7 Å². The van der Waals surface area contributed by atoms with Crippen LogP contribution in [0.1, 0.15) is 33.1 Å². The zero-order valence-electron chi connectivity index (χ0n) is 13.9. The first kappa shape index (κ1) is 21.0. The van der Waals surface area contributed by atoms with Crippen LogP contribution in [0.3, 0.4) is 0 Å². The summed E-state index contributed by atoms with van der Waals surface area (Å²) in [6, 6.07) is -0.458. The summed E-state index contributed by atoms with van der Waals surface area (Å²) in [7, 11) is 0. The summed E-state index contributed by atoms with van der Waals surface area (Å²) < 4.78 is 10.3. The monoisotopic (exact) mass is 317 g/mol. The number of unbranched alkanes of at least 4 members (excludes halogenated alkanes) is 1. The van der Waals surface area contributed by atoms with E-state index in [1.807, 2.05) is 0 Å². The number of amides is 1. The summed E-state index contributed by atoms with van der Waals surface area (Å²) in [5, 5.41) is 5.98. The first-order chi connectivity index (χ1) is 10.6. The molecule has 4 N–H and O–H groups in total. The average molecular weight is 317 g/mol. The Morgan fingerprint density at radius 1 is 1.09 bits per heavy atom. The molecule has 1 atom stereocenters. The molecule has 0 rings (SSSR count). The number of hydrogen-bond donors (Lipinski definition) is 3. The van der Waals surface area contributed by atoms with Gasteiger partial charge in [0.25, 0.3) is 0 Å². The second-order valence-electron chi connectivity index (χ2n) is 5.11. The van der Waals surface area contributed by atoms with Crippen molar-refractivity contribution in [3.05, 3.63) is 0 Å². The van der Waals surface area contributed by atoms with Crippen LogP contribution in [0.4, 0.5) is 0 Å². The predicted molar refractivity (Wildman–Crippen MR) is 85.7 cm³/mol. The number of nitrogens with two attached hydrogens (primary N) is 1. The van der Waals surface area contributed by atoms with Gasteiger partial charge >= 0.3 is 0 Å². The van der Waals surface area contributed by atoms with Crippen LogP contribution in [0, 0.1) is 0 Å². The quantitative estimate of drug-likeness (QED) is 0.362. The number of hydrogen-bond acceptors (Lipinski definition) is 6. The van der Waals surface area contributed by atoms with Crippen LogP contribution in [0.15, 0.2) is 0 Å². The van der Waals surface area contributed by atoms with Crippen molar-refractivity contribution in [3.8, 4) is 0 Å². The molecule has 0 aliphatic rings. The van der Waals surface area contributed by atoms with Crippen LogP contribution in [0.5, 0.6) is 0 Å². The fraction of sp³-hybridized carbons (Fsp3) is 0.867. The Kier molecular flexibility index (Phi) is 14.2. The first-order valence-electron chi connectivity index (χ1n) is 7.96. The van der Waals surface area contributed by atoms with Gasteiger partial charge in [-0.1, -0.05) is 13.3 Å². The average Bonchev–Trinajstić information content (AvgIpc) is 2.48. The molecule has 0 saturated heterocycles. The van der Waals surface area contributed by atoms with Crippen molar-refractivity contribution in [2.24, 2.45) is 5.73 Å². The minimum absolute atomic E-state index is 0.00766. The molecule has 0 aliphatic carbocycles. The van der Waals surface area contributed by atoms with Crippen LogP contribution >= 0.6 is 0 Å². The van der Waals surface area contributed by atoms with Gasteiger partial charge in [-0.3, -0.25) is 9.59 Å². The molecule has 0 aliphatic heterocycles. The third kappa shape index (κ3) is 13.9. The molecule has 0 spiro atoms. The van der Waals surface area contributed by atoms with Gasteiger partial charge < -0.3 is 25.8 Å². The van der Waals surface area contributed by atoms with E-state index in [-0.39, 0.29) is 18.3 Å². The molecule has 0 heterocycles. The molecule has 7 nitrogen and oxygen atoms in total. The third-order valence-electron chi connectivity index (χ3n) is 2.93. The largest absolute Gasteiger partial charge is 0.377 e. The maximum atomic E-state index is 11.7. The second-order valence-corrected chi connectivity index (χ2v) is 5.11. The molecule has 0 aromatic rings. The lowest BCUT2D eigenvalue weighted by Crippen LogP contribution is -2.41. The van der Waals surface area contributed by atoms with Crippen LogP contribution in [0.25, 0.3) is 0 Å². The predicted octanol–water partition coefficient (Wildman–Crippen LogP) is -0.168. The van der Waals surface area contributed by atoms with Crippen molar-refractivity contribution in [2.45, 2.75) is 39.2 Å². The normalized spacial score (nSPS) is 12.1. The van der Waals surface area contributed by atoms with E-state index in [1.54, 1.807) is 0 Å². The Balaban J connectivity index is 3.38. The summed E-state index contributed by atoms with van der Waals surface area (Å²) in [5.74, 6) is -0.147. The molecule has 0 aromatic carbocycles. The highest BCUT2D eigenvalue weighted by atomic mass is 16.5. The lowest BCUT2D eigenvalue weighted by Gasteiger charge is -2.12. The Morgan fingerprint density at radius 2 is 1.82 bits per heavy atom. The summed E-state index contributed by atoms with van der Waals surface area (Å²) >= 11 is 0. The van der Waals surface area contributed by atoms with Crippen molar-refractivity contribution in [2.75, 3.05) is 46.1 Å². The number of carbonyl (C=O) groups is 2. The van der Waals surface area contributed by atoms with Crippen molar-refractivity contribution in [1.82, 2.24) is 10.6 Å². The highest BCUT2D eigenvalue weighted by molar-refractivity contribution is 5.81. The topological polar surface area (TPSA) is 103 Å². The molecule has 22 heavy (non-hydrogen) atoms. The number of Topliss-reactive ketones (excluding diaryl/α,β-unsaturated/α-hetero) is 1. The van der Waals surface area contributed by atoms with E-state index in [4.69, 9.17) is 15.2 Å². The zero-order chi connectivity index (χ0) is 16.6. The zero-order valence-corrected chi connectivity index (χ0v) is 13.9. The molecule has 0 aromatic heterocycles. The Labute approximate surface area is 133 Å². The van der Waals surface area contributed by atoms with Gasteiger partial charge in [0.1, 0.15) is 6.61 Å². The summed E-state index contributed by atoms with van der Waals surface area (Å²) in [5.41, 5.74) is 5.82. The number of rotatable bonds is 15. The molecule has 130 valence electrons. The van der Waals surface area contributed by atoms with Crippen LogP contribution < -0.4 is 16.4 Å². The number of carbonyl (C=O) groups excluding carboxylic acids is 2. The summed E-state index contributed by atoms with van der Waals surface area (Å²) in [6.07, 6.45) is 2.65. The van der Waals surface area contributed by atoms with E-state index in [0.29, 0.717) is 32.8 Å². The minimum Gasteiger partial charge on any atom is -0.377 e. The summed E-state index contributed by atoms with van der Waals surface area (Å²) in [6.45, 7) is 7.19. The Hall–Kier alpha value is -1.02. The Morgan fingerprint density at radius 3 is 2.50 bits per heavy atom. The van der Waals surface area contributed by atoms with Crippen LogP contribution in [-0.4, -0.2) is 63.8 Å². The van der Waals surface area contributed by atoms with E-state index in [2.05, 4.69) is 17.6 Å².